The molecule has 3 aromatic heterocycles. The molecule has 4 rings (SSSR count). The van der Waals surface area contributed by atoms with Crippen molar-refractivity contribution in [3.63, 3.8) is 0 Å². The number of hydrogen-bond donors (Lipinski definition) is 2. The third-order valence-electron chi connectivity index (χ3n) is 4.89. The molecule has 0 bridgehead atoms. The van der Waals surface area contributed by atoms with Crippen molar-refractivity contribution in [1.29, 1.82) is 0 Å². The van der Waals surface area contributed by atoms with Crippen LogP contribution >= 0.6 is 11.3 Å². The van der Waals surface area contributed by atoms with Gasteiger partial charge in [0.25, 0.3) is 5.91 Å². The Morgan fingerprint density at radius 1 is 1.17 bits per heavy atom. The van der Waals surface area contributed by atoms with Gasteiger partial charge in [-0.2, -0.15) is 5.10 Å². The third kappa shape index (κ3) is 4.23. The first kappa shape index (κ1) is 19.8. The van der Waals surface area contributed by atoms with Crippen LogP contribution in [0, 0.1) is 6.92 Å². The number of carbonyl (C=O) groups is 1. The second-order valence-corrected chi connectivity index (χ2v) is 7.82. The SMILES string of the molecule is Cc1c([C@H](C)NC(=O)c2cccc(Nc3nc(-c4ccccn4)cs3)c2)cnn1C. The van der Waals surface area contributed by atoms with Crippen molar-refractivity contribution in [2.75, 3.05) is 5.32 Å². The van der Waals surface area contributed by atoms with E-state index in [-0.39, 0.29) is 11.9 Å². The lowest BCUT2D eigenvalue weighted by atomic mass is 10.1. The fourth-order valence-corrected chi connectivity index (χ4v) is 3.85. The molecule has 0 fully saturated rings. The topological polar surface area (TPSA) is 84.7 Å². The minimum atomic E-state index is -0.136. The molecule has 0 saturated carbocycles. The molecule has 4 aromatic rings. The van der Waals surface area contributed by atoms with Crippen LogP contribution in [-0.4, -0.2) is 25.7 Å². The smallest absolute Gasteiger partial charge is 0.251 e. The summed E-state index contributed by atoms with van der Waals surface area (Å²) >= 11 is 1.49. The highest BCUT2D eigenvalue weighted by Gasteiger charge is 2.16. The van der Waals surface area contributed by atoms with E-state index >= 15 is 0 Å². The van der Waals surface area contributed by atoms with E-state index in [1.807, 2.05) is 62.7 Å². The summed E-state index contributed by atoms with van der Waals surface area (Å²) in [5.74, 6) is -0.136. The molecule has 3 heterocycles. The van der Waals surface area contributed by atoms with Gasteiger partial charge in [-0.05, 0) is 44.2 Å². The maximum Gasteiger partial charge on any atom is 0.251 e. The number of nitrogens with one attached hydrogen (secondary N) is 2. The molecule has 0 radical (unpaired) electrons. The standard InChI is InChI=1S/C22H22N6OS/c1-14(18-12-24-28(3)15(18)2)25-21(29)16-7-6-8-17(11-16)26-22-27-20(13-30-22)19-9-4-5-10-23-19/h4-14H,1-3H3,(H,25,29)(H,26,27)/t14-/m0/s1. The summed E-state index contributed by atoms with van der Waals surface area (Å²) in [5.41, 5.74) is 5.06. The normalized spacial score (nSPS) is 11.8. The summed E-state index contributed by atoms with van der Waals surface area (Å²) in [4.78, 5) is 21.7. The first-order valence-corrected chi connectivity index (χ1v) is 10.4. The van der Waals surface area contributed by atoms with Crippen LogP contribution in [0.5, 0.6) is 0 Å². The molecule has 0 spiro atoms. The summed E-state index contributed by atoms with van der Waals surface area (Å²) in [7, 11) is 1.89. The average Bonchev–Trinajstić information content (AvgIpc) is 3.36. The number of nitrogens with zero attached hydrogens (tertiary/aromatic N) is 4. The predicted molar refractivity (Wildman–Crippen MR) is 119 cm³/mol. The molecule has 152 valence electrons. The van der Waals surface area contributed by atoms with Gasteiger partial charge < -0.3 is 10.6 Å². The number of amides is 1. The van der Waals surface area contributed by atoms with Gasteiger partial charge in [0.15, 0.2) is 5.13 Å². The minimum absolute atomic E-state index is 0.136. The minimum Gasteiger partial charge on any atom is -0.345 e. The molecular weight excluding hydrogens is 396 g/mol. The van der Waals surface area contributed by atoms with Gasteiger partial charge in [-0.3, -0.25) is 14.5 Å². The molecule has 0 aliphatic heterocycles. The van der Waals surface area contributed by atoms with E-state index in [2.05, 4.69) is 25.7 Å². The lowest BCUT2D eigenvalue weighted by molar-refractivity contribution is 0.0940. The van der Waals surface area contributed by atoms with Crippen LogP contribution in [0.2, 0.25) is 0 Å². The fraction of sp³-hybridized carbons (Fsp3) is 0.182. The van der Waals surface area contributed by atoms with Crippen molar-refractivity contribution in [1.82, 2.24) is 25.1 Å². The van der Waals surface area contributed by atoms with E-state index in [4.69, 9.17) is 0 Å². The summed E-state index contributed by atoms with van der Waals surface area (Å²) < 4.78 is 1.80. The third-order valence-corrected chi connectivity index (χ3v) is 5.65. The van der Waals surface area contributed by atoms with Crippen LogP contribution in [0.25, 0.3) is 11.4 Å². The molecule has 0 aliphatic rings. The highest BCUT2D eigenvalue weighted by atomic mass is 32.1. The predicted octanol–water partition coefficient (Wildman–Crippen LogP) is 4.48. The molecule has 1 atom stereocenters. The van der Waals surface area contributed by atoms with Crippen molar-refractivity contribution in [2.24, 2.45) is 7.05 Å². The van der Waals surface area contributed by atoms with Crippen LogP contribution in [0.4, 0.5) is 10.8 Å². The molecule has 1 amide bonds. The van der Waals surface area contributed by atoms with E-state index < -0.39 is 0 Å². The number of anilines is 2. The van der Waals surface area contributed by atoms with Crippen LogP contribution in [0.3, 0.4) is 0 Å². The van der Waals surface area contributed by atoms with Gasteiger partial charge in [0.05, 0.1) is 17.9 Å². The van der Waals surface area contributed by atoms with Gasteiger partial charge in [0.1, 0.15) is 5.69 Å². The van der Waals surface area contributed by atoms with Gasteiger partial charge in [0, 0.05) is 41.1 Å². The molecule has 2 N–H and O–H groups in total. The van der Waals surface area contributed by atoms with E-state index in [0.29, 0.717) is 5.56 Å². The Morgan fingerprint density at radius 2 is 2.03 bits per heavy atom. The zero-order valence-corrected chi connectivity index (χ0v) is 17.8. The number of aryl methyl sites for hydroxylation is 1. The van der Waals surface area contributed by atoms with Crippen LogP contribution in [0.1, 0.15) is 34.6 Å². The van der Waals surface area contributed by atoms with Gasteiger partial charge in [-0.25, -0.2) is 4.98 Å². The van der Waals surface area contributed by atoms with E-state index in [1.54, 1.807) is 23.1 Å². The van der Waals surface area contributed by atoms with Gasteiger partial charge >= 0.3 is 0 Å². The molecular formula is C22H22N6OS. The number of thiazole rings is 1. The number of carbonyl (C=O) groups excluding carboxylic acids is 1. The molecule has 7 nitrogen and oxygen atoms in total. The monoisotopic (exact) mass is 418 g/mol. The second kappa shape index (κ2) is 8.46. The van der Waals surface area contributed by atoms with Gasteiger partial charge in [-0.1, -0.05) is 12.1 Å². The van der Waals surface area contributed by atoms with E-state index in [0.717, 1.165) is 33.5 Å². The number of hydrogen-bond acceptors (Lipinski definition) is 6. The largest absolute Gasteiger partial charge is 0.345 e. The highest BCUT2D eigenvalue weighted by Crippen LogP contribution is 2.26. The highest BCUT2D eigenvalue weighted by molar-refractivity contribution is 7.14. The maximum atomic E-state index is 12.8. The molecule has 1 aromatic carbocycles. The second-order valence-electron chi connectivity index (χ2n) is 6.96. The fourth-order valence-electron chi connectivity index (χ4n) is 3.12. The molecule has 0 unspecified atom stereocenters. The summed E-state index contributed by atoms with van der Waals surface area (Å²) in [5, 5.41) is 13.3. The first-order chi connectivity index (χ1) is 14.5. The molecule has 0 saturated heterocycles. The van der Waals surface area contributed by atoms with Gasteiger partial charge in [-0.15, -0.1) is 11.3 Å². The Morgan fingerprint density at radius 3 is 2.77 bits per heavy atom. The van der Waals surface area contributed by atoms with Crippen molar-refractivity contribution in [3.8, 4) is 11.4 Å². The van der Waals surface area contributed by atoms with Crippen molar-refractivity contribution in [2.45, 2.75) is 19.9 Å². The van der Waals surface area contributed by atoms with Crippen LogP contribution in [0.15, 0.2) is 60.2 Å². The summed E-state index contributed by atoms with van der Waals surface area (Å²) in [6.45, 7) is 3.95. The quantitative estimate of drug-likeness (QED) is 0.482. The Balaban J connectivity index is 1.45. The molecule has 0 aliphatic carbocycles. The number of benzene rings is 1. The number of pyridine rings is 1. The Kier molecular flexibility index (Phi) is 5.58. The zero-order valence-electron chi connectivity index (χ0n) is 17.0. The Hall–Kier alpha value is -3.52. The first-order valence-electron chi connectivity index (χ1n) is 9.54. The van der Waals surface area contributed by atoms with Crippen LogP contribution in [-0.2, 0) is 7.05 Å². The van der Waals surface area contributed by atoms with Crippen molar-refractivity contribution >= 4 is 28.1 Å². The lowest BCUT2D eigenvalue weighted by Crippen LogP contribution is -2.27. The van der Waals surface area contributed by atoms with Gasteiger partial charge in [0.2, 0.25) is 0 Å². The Labute approximate surface area is 178 Å². The summed E-state index contributed by atoms with van der Waals surface area (Å²) in [6.07, 6.45) is 3.54. The number of aromatic nitrogens is 4. The average molecular weight is 419 g/mol. The lowest BCUT2D eigenvalue weighted by Gasteiger charge is -2.14. The molecule has 30 heavy (non-hydrogen) atoms. The van der Waals surface area contributed by atoms with Crippen LogP contribution < -0.4 is 10.6 Å². The zero-order chi connectivity index (χ0) is 21.1. The Bertz CT molecular complexity index is 1170. The van der Waals surface area contributed by atoms with E-state index in [9.17, 15) is 4.79 Å². The maximum absolute atomic E-state index is 12.8. The summed E-state index contributed by atoms with van der Waals surface area (Å²) in [6, 6.07) is 13.0. The number of rotatable bonds is 6. The van der Waals surface area contributed by atoms with Crippen molar-refractivity contribution in [3.05, 3.63) is 77.1 Å². The van der Waals surface area contributed by atoms with E-state index in [1.165, 1.54) is 11.3 Å². The molecule has 8 heteroatoms. The van der Waals surface area contributed by atoms with Crippen molar-refractivity contribution < 1.29 is 4.79 Å².